The molecule has 5 nitrogen and oxygen atoms in total. The number of fused-ring (bicyclic) bond motifs is 1. The van der Waals surface area contributed by atoms with E-state index in [0.29, 0.717) is 17.6 Å². The molecule has 0 fully saturated rings. The van der Waals surface area contributed by atoms with Gasteiger partial charge in [-0.1, -0.05) is 54.2 Å². The molecule has 0 radical (unpaired) electrons. The molecule has 0 bridgehead atoms. The van der Waals surface area contributed by atoms with Crippen LogP contribution in [0.4, 0.5) is 0 Å². The first-order valence-electron chi connectivity index (χ1n) is 9.83. The van der Waals surface area contributed by atoms with Gasteiger partial charge in [-0.15, -0.1) is 0 Å². The van der Waals surface area contributed by atoms with Crippen LogP contribution in [0.15, 0.2) is 101 Å². The van der Waals surface area contributed by atoms with Gasteiger partial charge in [-0.2, -0.15) is 9.61 Å². The van der Waals surface area contributed by atoms with Crippen LogP contribution in [0, 0.1) is 0 Å². The van der Waals surface area contributed by atoms with Crippen molar-refractivity contribution in [3.8, 4) is 22.8 Å². The Morgan fingerprint density at radius 3 is 2.23 bits per heavy atom. The van der Waals surface area contributed by atoms with Crippen molar-refractivity contribution >= 4 is 17.4 Å². The molecule has 5 rings (SSSR count). The van der Waals surface area contributed by atoms with Gasteiger partial charge in [0.1, 0.15) is 5.75 Å². The van der Waals surface area contributed by atoms with Crippen molar-refractivity contribution < 1.29 is 10.2 Å². The second kappa shape index (κ2) is 8.16. The highest BCUT2D eigenvalue weighted by atomic mass is 32.2. The third-order valence-electron chi connectivity index (χ3n) is 5.05. The average Bonchev–Trinajstić information content (AvgIpc) is 3.23. The summed E-state index contributed by atoms with van der Waals surface area (Å²) in [5, 5.41) is 24.5. The van der Waals surface area contributed by atoms with Gasteiger partial charge in [-0.3, -0.25) is 0 Å². The highest BCUT2D eigenvalue weighted by molar-refractivity contribution is 7.99. The molecule has 0 spiro atoms. The predicted octanol–water partition coefficient (Wildman–Crippen LogP) is 5.55. The predicted molar refractivity (Wildman–Crippen MR) is 122 cm³/mol. The lowest BCUT2D eigenvalue weighted by Gasteiger charge is -2.07. The van der Waals surface area contributed by atoms with Gasteiger partial charge >= 0.3 is 0 Å². The monoisotopic (exact) mass is 425 g/mol. The van der Waals surface area contributed by atoms with E-state index in [1.165, 1.54) is 9.41 Å². The van der Waals surface area contributed by atoms with Gasteiger partial charge in [0, 0.05) is 33.5 Å². The number of phenolic OH excluding ortho intramolecular Hbond substituents is 1. The van der Waals surface area contributed by atoms with Crippen molar-refractivity contribution in [1.29, 1.82) is 0 Å². The van der Waals surface area contributed by atoms with E-state index in [9.17, 15) is 10.2 Å². The first-order valence-corrected chi connectivity index (χ1v) is 10.6. The Labute approximate surface area is 183 Å². The minimum absolute atomic E-state index is 0.0700. The van der Waals surface area contributed by atoms with Gasteiger partial charge in [0.25, 0.3) is 0 Å². The van der Waals surface area contributed by atoms with Crippen LogP contribution in [-0.4, -0.2) is 24.8 Å². The van der Waals surface area contributed by atoms with E-state index in [4.69, 9.17) is 0 Å². The van der Waals surface area contributed by atoms with Gasteiger partial charge in [-0.05, 0) is 47.5 Å². The Morgan fingerprint density at radius 2 is 1.48 bits per heavy atom. The fourth-order valence-corrected chi connectivity index (χ4v) is 4.28. The molecule has 2 aromatic heterocycles. The number of aromatic hydroxyl groups is 2. The molecule has 6 heteroatoms. The highest BCUT2D eigenvalue weighted by Gasteiger charge is 2.14. The molecule has 0 amide bonds. The molecule has 0 saturated heterocycles. The lowest BCUT2D eigenvalue weighted by Crippen LogP contribution is -1.98. The summed E-state index contributed by atoms with van der Waals surface area (Å²) in [6, 6.07) is 25.4. The van der Waals surface area contributed by atoms with Crippen LogP contribution >= 0.6 is 11.8 Å². The summed E-state index contributed by atoms with van der Waals surface area (Å²) < 4.78 is 1.47. The largest absolute Gasteiger partial charge is 0.508 e. The molecule has 0 aliphatic heterocycles. The molecule has 0 aliphatic rings. The lowest BCUT2D eigenvalue weighted by molar-refractivity contribution is 0.429. The van der Waals surface area contributed by atoms with E-state index in [0.717, 1.165) is 21.6 Å². The number of aromatic nitrogens is 3. The number of hydrogen-bond donors (Lipinski definition) is 2. The first-order chi connectivity index (χ1) is 15.2. The van der Waals surface area contributed by atoms with Crippen LogP contribution in [0.2, 0.25) is 0 Å². The normalized spacial score (nSPS) is 11.1. The summed E-state index contributed by atoms with van der Waals surface area (Å²) >= 11 is 1.71. The molecule has 0 saturated carbocycles. The Hall–Kier alpha value is -3.77. The third kappa shape index (κ3) is 3.98. The summed E-state index contributed by atoms with van der Waals surface area (Å²) in [6.07, 6.45) is 3.91. The topological polar surface area (TPSA) is 70.7 Å². The summed E-state index contributed by atoms with van der Waals surface area (Å²) in [5.41, 5.74) is 4.10. The van der Waals surface area contributed by atoms with E-state index >= 15 is 0 Å². The molecule has 3 aromatic carbocycles. The van der Waals surface area contributed by atoms with E-state index in [1.54, 1.807) is 36.3 Å². The van der Waals surface area contributed by atoms with Crippen LogP contribution in [-0.2, 0) is 6.42 Å². The zero-order chi connectivity index (χ0) is 21.2. The Morgan fingerprint density at radius 1 is 0.774 bits per heavy atom. The molecule has 0 aliphatic carbocycles. The summed E-state index contributed by atoms with van der Waals surface area (Å²) in [6.45, 7) is 0. The Bertz CT molecular complexity index is 1330. The highest BCUT2D eigenvalue weighted by Crippen LogP contribution is 2.32. The molecule has 31 heavy (non-hydrogen) atoms. The van der Waals surface area contributed by atoms with Crippen LogP contribution in [0.25, 0.3) is 16.8 Å². The van der Waals surface area contributed by atoms with E-state index in [2.05, 4.69) is 34.3 Å². The maximum Gasteiger partial charge on any atom is 0.219 e. The number of hydrogen-bond acceptors (Lipinski definition) is 5. The van der Waals surface area contributed by atoms with Crippen LogP contribution in [0.5, 0.6) is 11.6 Å². The molecule has 5 aromatic rings. The third-order valence-corrected chi connectivity index (χ3v) is 6.07. The quantitative estimate of drug-likeness (QED) is 0.386. The van der Waals surface area contributed by atoms with Gasteiger partial charge in [0.2, 0.25) is 5.88 Å². The van der Waals surface area contributed by atoms with Crippen LogP contribution in [0.3, 0.4) is 0 Å². The van der Waals surface area contributed by atoms with Crippen LogP contribution in [0.1, 0.15) is 11.1 Å². The number of benzene rings is 3. The van der Waals surface area contributed by atoms with Gasteiger partial charge in [-0.25, -0.2) is 4.98 Å². The fraction of sp³-hybridized carbons (Fsp3) is 0.0400. The van der Waals surface area contributed by atoms with Gasteiger partial charge in [0.05, 0.1) is 6.20 Å². The molecular formula is C25H19N3O2S. The molecule has 0 atom stereocenters. The van der Waals surface area contributed by atoms with Crippen molar-refractivity contribution in [2.24, 2.45) is 0 Å². The van der Waals surface area contributed by atoms with Crippen molar-refractivity contribution in [3.05, 3.63) is 102 Å². The zero-order valence-electron chi connectivity index (χ0n) is 16.5. The maximum absolute atomic E-state index is 10.7. The fourth-order valence-electron chi connectivity index (χ4n) is 3.44. The van der Waals surface area contributed by atoms with Crippen molar-refractivity contribution in [3.63, 3.8) is 0 Å². The van der Waals surface area contributed by atoms with Gasteiger partial charge in [0.15, 0.2) is 5.65 Å². The smallest absolute Gasteiger partial charge is 0.219 e. The standard InChI is InChI=1S/C25H19N3O2S/c29-20-10-6-17(7-11-20)14-19-15-26-24-23(16-27-28(24)25(19)30)18-8-12-22(13-9-18)31-21-4-2-1-3-5-21/h1-13,15-16,29-30H,14H2. The van der Waals surface area contributed by atoms with Gasteiger partial charge < -0.3 is 10.2 Å². The molecule has 0 unspecified atom stereocenters. The van der Waals surface area contributed by atoms with Crippen molar-refractivity contribution in [1.82, 2.24) is 14.6 Å². The summed E-state index contributed by atoms with van der Waals surface area (Å²) in [5.74, 6) is 0.284. The Balaban J connectivity index is 1.42. The van der Waals surface area contributed by atoms with E-state index in [1.807, 2.05) is 42.5 Å². The second-order valence-corrected chi connectivity index (χ2v) is 8.33. The summed E-state index contributed by atoms with van der Waals surface area (Å²) in [7, 11) is 0. The van der Waals surface area contributed by atoms with Crippen molar-refractivity contribution in [2.75, 3.05) is 0 Å². The molecule has 2 heterocycles. The Kier molecular flexibility index (Phi) is 5.06. The summed E-state index contributed by atoms with van der Waals surface area (Å²) in [4.78, 5) is 6.91. The molecular weight excluding hydrogens is 406 g/mol. The SMILES string of the molecule is Oc1ccc(Cc2cnc3c(-c4ccc(Sc5ccccc5)cc4)cnn3c2O)cc1. The second-order valence-electron chi connectivity index (χ2n) is 7.18. The van der Waals surface area contributed by atoms with E-state index in [-0.39, 0.29) is 11.6 Å². The first kappa shape index (κ1) is 19.2. The number of rotatable bonds is 5. The minimum Gasteiger partial charge on any atom is -0.508 e. The molecule has 2 N–H and O–H groups in total. The lowest BCUT2D eigenvalue weighted by atomic mass is 10.1. The van der Waals surface area contributed by atoms with E-state index < -0.39 is 0 Å². The number of phenols is 1. The van der Waals surface area contributed by atoms with Crippen LogP contribution < -0.4 is 0 Å². The van der Waals surface area contributed by atoms with Crippen molar-refractivity contribution in [2.45, 2.75) is 16.2 Å². The average molecular weight is 426 g/mol. The molecule has 152 valence electrons. The number of nitrogens with zero attached hydrogens (tertiary/aromatic N) is 3. The zero-order valence-corrected chi connectivity index (χ0v) is 17.3. The minimum atomic E-state index is 0.0700. The maximum atomic E-state index is 10.7.